The molecule has 1 aliphatic rings. The van der Waals surface area contributed by atoms with E-state index in [4.69, 9.17) is 4.74 Å². The van der Waals surface area contributed by atoms with Crippen LogP contribution in [0, 0.1) is 0 Å². The largest absolute Gasteiger partial charge is 0.446 e. The van der Waals surface area contributed by atoms with Crippen molar-refractivity contribution in [2.24, 2.45) is 0 Å². The molecule has 1 aliphatic carbocycles. The van der Waals surface area contributed by atoms with Gasteiger partial charge in [-0.15, -0.1) is 11.8 Å². The highest BCUT2D eigenvalue weighted by Gasteiger charge is 2.43. The van der Waals surface area contributed by atoms with E-state index in [-0.39, 0.29) is 23.2 Å². The fraction of sp³-hybridized carbons (Fsp3) is 0.769. The number of hydrogen-bond donors (Lipinski definition) is 0. The van der Waals surface area contributed by atoms with E-state index in [1.165, 1.54) is 25.1 Å². The predicted octanol–water partition coefficient (Wildman–Crippen LogP) is 2.74. The lowest BCUT2D eigenvalue weighted by molar-refractivity contribution is -0.155. The van der Waals surface area contributed by atoms with Gasteiger partial charge in [0.25, 0.3) is 0 Å². The first-order chi connectivity index (χ1) is 9.56. The van der Waals surface area contributed by atoms with Crippen molar-refractivity contribution in [1.82, 2.24) is 0 Å². The predicted molar refractivity (Wildman–Crippen MR) is 86.3 cm³/mol. The van der Waals surface area contributed by atoms with Crippen LogP contribution in [0.1, 0.15) is 33.1 Å². The number of ketones is 2. The first-order valence-corrected chi connectivity index (χ1v) is 10.2. The third-order valence-electron chi connectivity index (χ3n) is 2.60. The number of carbonyl (C=O) groups is 3. The summed E-state index contributed by atoms with van der Waals surface area (Å²) in [5.41, 5.74) is 0. The van der Waals surface area contributed by atoms with Crippen molar-refractivity contribution in [3.8, 4) is 0 Å². The highest BCUT2D eigenvalue weighted by atomic mass is 33.1. The van der Waals surface area contributed by atoms with Gasteiger partial charge in [0, 0.05) is 24.9 Å². The third kappa shape index (κ3) is 6.10. The lowest BCUT2D eigenvalue weighted by Crippen LogP contribution is -2.29. The van der Waals surface area contributed by atoms with Crippen LogP contribution in [0.4, 0.5) is 0 Å². The normalized spacial score (nSPS) is 22.3. The van der Waals surface area contributed by atoms with Gasteiger partial charge >= 0.3 is 5.97 Å². The van der Waals surface area contributed by atoms with E-state index in [9.17, 15) is 14.4 Å². The number of carbonyl (C=O) groups excluding carboxylic acids is 3. The van der Waals surface area contributed by atoms with Crippen LogP contribution in [0.25, 0.3) is 0 Å². The van der Waals surface area contributed by atoms with E-state index < -0.39 is 12.1 Å². The van der Waals surface area contributed by atoms with Crippen LogP contribution in [0.3, 0.4) is 0 Å². The van der Waals surface area contributed by atoms with E-state index >= 15 is 0 Å². The molecule has 0 aromatic carbocycles. The number of Topliss-reactive ketones (excluding diaryl/α,β-unsaturated/α-hetero) is 2. The molecule has 0 heterocycles. The fourth-order valence-corrected chi connectivity index (χ4v) is 5.27. The summed E-state index contributed by atoms with van der Waals surface area (Å²) in [5.74, 6) is 1.98. The Hall–Kier alpha value is -0.140. The third-order valence-corrected chi connectivity index (χ3v) is 6.62. The molecule has 20 heavy (non-hydrogen) atoms. The number of rotatable bonds is 9. The molecule has 1 rings (SSSR count). The minimum atomic E-state index is -1.15. The summed E-state index contributed by atoms with van der Waals surface area (Å²) in [5, 5.41) is -0.333. The van der Waals surface area contributed by atoms with Gasteiger partial charge in [-0.25, -0.2) is 0 Å². The maximum Gasteiger partial charge on any atom is 0.303 e. The van der Waals surface area contributed by atoms with Crippen molar-refractivity contribution in [3.05, 3.63) is 0 Å². The molecule has 0 bridgehead atoms. The molecule has 0 amide bonds. The van der Waals surface area contributed by atoms with Gasteiger partial charge < -0.3 is 4.74 Å². The van der Waals surface area contributed by atoms with Crippen molar-refractivity contribution in [3.63, 3.8) is 0 Å². The van der Waals surface area contributed by atoms with E-state index in [1.807, 2.05) is 21.6 Å². The molecule has 1 fully saturated rings. The van der Waals surface area contributed by atoms with Gasteiger partial charge in [0.15, 0.2) is 11.6 Å². The second kappa shape index (κ2) is 9.73. The van der Waals surface area contributed by atoms with Crippen LogP contribution < -0.4 is 0 Å². The Morgan fingerprint density at radius 3 is 2.60 bits per heavy atom. The maximum atomic E-state index is 11.9. The molecule has 0 spiro atoms. The van der Waals surface area contributed by atoms with Crippen LogP contribution in [-0.4, -0.2) is 46.1 Å². The van der Waals surface area contributed by atoms with Crippen molar-refractivity contribution in [2.45, 2.75) is 44.5 Å². The minimum Gasteiger partial charge on any atom is -0.446 e. The quantitative estimate of drug-likeness (QED) is 0.278. The molecular formula is C13H20O4S3. The lowest BCUT2D eigenvalue weighted by atomic mass is 10.3. The van der Waals surface area contributed by atoms with Crippen LogP contribution in [-0.2, 0) is 19.1 Å². The van der Waals surface area contributed by atoms with Gasteiger partial charge in [-0.2, -0.15) is 0 Å². The molecule has 0 aliphatic heterocycles. The summed E-state index contributed by atoms with van der Waals surface area (Å²) in [7, 11) is 3.73. The summed E-state index contributed by atoms with van der Waals surface area (Å²) >= 11 is 1.51. The highest BCUT2D eigenvalue weighted by molar-refractivity contribution is 8.76. The molecule has 7 heteroatoms. The lowest BCUT2D eigenvalue weighted by Gasteiger charge is -2.09. The second-order valence-corrected chi connectivity index (χ2v) is 8.43. The summed E-state index contributed by atoms with van der Waals surface area (Å²) < 4.78 is 4.78. The Bertz CT molecular complexity index is 360. The highest BCUT2D eigenvalue weighted by Crippen LogP contribution is 2.28. The molecule has 2 unspecified atom stereocenters. The van der Waals surface area contributed by atoms with Gasteiger partial charge in [0.2, 0.25) is 6.10 Å². The second-order valence-electron chi connectivity index (χ2n) is 4.42. The summed E-state index contributed by atoms with van der Waals surface area (Å²) in [6.45, 7) is 3.37. The first kappa shape index (κ1) is 17.9. The molecule has 4 nitrogen and oxygen atoms in total. The monoisotopic (exact) mass is 336 g/mol. The van der Waals surface area contributed by atoms with Crippen LogP contribution in [0.2, 0.25) is 0 Å². The Kier molecular flexibility index (Phi) is 8.72. The number of esters is 1. The number of thioether (sulfide) groups is 1. The molecule has 114 valence electrons. The number of ether oxygens (including phenoxy) is 1. The van der Waals surface area contributed by atoms with Crippen LogP contribution in [0.15, 0.2) is 0 Å². The minimum absolute atomic E-state index is 0.194. The van der Waals surface area contributed by atoms with Crippen molar-refractivity contribution >= 4 is 50.9 Å². The average molecular weight is 337 g/mol. The molecule has 0 N–H and O–H groups in total. The van der Waals surface area contributed by atoms with E-state index in [0.29, 0.717) is 0 Å². The van der Waals surface area contributed by atoms with Crippen molar-refractivity contribution < 1.29 is 19.1 Å². The molecule has 0 radical (unpaired) electrons. The van der Waals surface area contributed by atoms with Crippen LogP contribution >= 0.6 is 33.3 Å². The van der Waals surface area contributed by atoms with Gasteiger partial charge in [0.1, 0.15) is 0 Å². The molecular weight excluding hydrogens is 316 g/mol. The Morgan fingerprint density at radius 1 is 1.25 bits per heavy atom. The smallest absolute Gasteiger partial charge is 0.303 e. The Balaban J connectivity index is 2.20. The fourth-order valence-electron chi connectivity index (χ4n) is 1.69. The Morgan fingerprint density at radius 2 is 1.95 bits per heavy atom. The molecule has 0 aromatic heterocycles. The summed E-state index contributed by atoms with van der Waals surface area (Å²) in [6, 6.07) is 0. The zero-order valence-corrected chi connectivity index (χ0v) is 14.2. The van der Waals surface area contributed by atoms with E-state index in [0.717, 1.165) is 23.7 Å². The zero-order valence-electron chi connectivity index (χ0n) is 11.8. The number of hydrogen-bond acceptors (Lipinski definition) is 7. The van der Waals surface area contributed by atoms with Gasteiger partial charge in [-0.1, -0.05) is 28.5 Å². The topological polar surface area (TPSA) is 60.4 Å². The van der Waals surface area contributed by atoms with E-state index in [2.05, 4.69) is 6.92 Å². The van der Waals surface area contributed by atoms with E-state index in [1.54, 1.807) is 0 Å². The molecule has 1 saturated carbocycles. The standard InChI is InChI=1S/C13H20O4S3/c1-3-5-19-20-7-4-6-18-11-8-10(15)13(12(11)16)17-9(2)14/h11,13H,3-8H2,1-2H3. The maximum absolute atomic E-state index is 11.9. The molecule has 0 saturated heterocycles. The van der Waals surface area contributed by atoms with Gasteiger partial charge in [-0.3, -0.25) is 14.4 Å². The molecule has 2 atom stereocenters. The van der Waals surface area contributed by atoms with Gasteiger partial charge in [-0.05, 0) is 18.6 Å². The Labute approximate surface area is 131 Å². The summed E-state index contributed by atoms with van der Waals surface area (Å²) in [4.78, 5) is 34.4. The van der Waals surface area contributed by atoms with Gasteiger partial charge in [0.05, 0.1) is 5.25 Å². The van der Waals surface area contributed by atoms with Crippen LogP contribution in [0.5, 0.6) is 0 Å². The molecule has 0 aromatic rings. The van der Waals surface area contributed by atoms with Crippen molar-refractivity contribution in [1.29, 1.82) is 0 Å². The average Bonchev–Trinajstić information content (AvgIpc) is 2.65. The first-order valence-electron chi connectivity index (χ1n) is 6.66. The SMILES string of the molecule is CCCSSCCCSC1CC(=O)C(OC(C)=O)C1=O. The zero-order chi connectivity index (χ0) is 15.0. The van der Waals surface area contributed by atoms with Crippen molar-refractivity contribution in [2.75, 3.05) is 17.3 Å². The summed E-state index contributed by atoms with van der Waals surface area (Å²) in [6.07, 6.45) is 1.24.